The molecule has 0 saturated carbocycles. The summed E-state index contributed by atoms with van der Waals surface area (Å²) in [5.74, 6) is -1.47. The number of hydrogen-bond acceptors (Lipinski definition) is 4. The molecule has 0 atom stereocenters. The molecule has 1 saturated heterocycles. The summed E-state index contributed by atoms with van der Waals surface area (Å²) in [5.41, 5.74) is 1.52. The summed E-state index contributed by atoms with van der Waals surface area (Å²) >= 11 is 6.15. The number of fused-ring (bicyclic) bond motifs is 1. The Balaban J connectivity index is 1.40. The Morgan fingerprint density at radius 1 is 0.946 bits per heavy atom. The first-order valence-electron chi connectivity index (χ1n) is 11.5. The minimum atomic E-state index is -0.889. The van der Waals surface area contributed by atoms with Gasteiger partial charge < -0.3 is 9.30 Å². The smallest absolute Gasteiger partial charge is 0.335 e. The molecule has 1 aromatic heterocycles. The van der Waals surface area contributed by atoms with Gasteiger partial charge in [0.1, 0.15) is 17.1 Å². The van der Waals surface area contributed by atoms with Crippen molar-refractivity contribution in [3.8, 4) is 5.75 Å². The molecule has 7 nitrogen and oxygen atoms in total. The summed E-state index contributed by atoms with van der Waals surface area (Å²) in [5, 5.41) is 3.58. The summed E-state index contributed by atoms with van der Waals surface area (Å²) < 4.78 is 21.2. The van der Waals surface area contributed by atoms with Crippen LogP contribution in [0.4, 0.5) is 14.9 Å². The van der Waals surface area contributed by atoms with E-state index in [-0.39, 0.29) is 11.3 Å². The van der Waals surface area contributed by atoms with Crippen molar-refractivity contribution in [1.82, 2.24) is 9.88 Å². The average Bonchev–Trinajstić information content (AvgIpc) is 3.24. The number of hydrogen-bond donors (Lipinski definition) is 1. The maximum atomic E-state index is 13.4. The average molecular weight is 518 g/mol. The monoisotopic (exact) mass is 517 g/mol. The number of benzene rings is 3. The van der Waals surface area contributed by atoms with Crippen molar-refractivity contribution >= 4 is 52.1 Å². The fourth-order valence-corrected chi connectivity index (χ4v) is 4.38. The van der Waals surface area contributed by atoms with Crippen LogP contribution in [-0.2, 0) is 16.1 Å². The fourth-order valence-electron chi connectivity index (χ4n) is 4.19. The number of carbonyl (C=O) groups excluding carboxylic acids is 3. The van der Waals surface area contributed by atoms with Gasteiger partial charge in [-0.05, 0) is 55.0 Å². The van der Waals surface area contributed by atoms with Crippen LogP contribution in [0.15, 0.2) is 84.6 Å². The Hall–Kier alpha value is -4.43. The van der Waals surface area contributed by atoms with Gasteiger partial charge >= 0.3 is 6.03 Å². The number of barbiturate groups is 1. The lowest BCUT2D eigenvalue weighted by Crippen LogP contribution is -2.54. The van der Waals surface area contributed by atoms with Gasteiger partial charge in [-0.25, -0.2) is 14.1 Å². The summed E-state index contributed by atoms with van der Waals surface area (Å²) in [6.45, 7) is 1.07. The Labute approximate surface area is 216 Å². The summed E-state index contributed by atoms with van der Waals surface area (Å²) in [6.07, 6.45) is 4.01. The number of carbonyl (C=O) groups is 3. The molecule has 3 aromatic carbocycles. The SMILES string of the molecule is O=C1NC(=O)N(c2ccc(F)cc2)C(=O)/C1=C\c1cn(CCCOc2ccccc2Cl)c2ccccc12. The number of ether oxygens (including phenoxy) is 1. The minimum Gasteiger partial charge on any atom is -0.492 e. The molecule has 186 valence electrons. The van der Waals surface area contributed by atoms with Crippen LogP contribution in [0.3, 0.4) is 0 Å². The molecule has 0 radical (unpaired) electrons. The molecule has 37 heavy (non-hydrogen) atoms. The standard InChI is InChI=1S/C28H21ClFN3O4/c29-23-7-2-4-9-25(23)37-15-5-14-32-17-18(21-6-1-3-8-24(21)32)16-22-26(34)31-28(36)33(27(22)35)20-12-10-19(30)11-13-20/h1-4,6-13,16-17H,5,14-15H2,(H,31,34,36)/b22-16-. The van der Waals surface area contributed by atoms with Crippen molar-refractivity contribution in [2.45, 2.75) is 13.0 Å². The number of rotatable bonds is 7. The van der Waals surface area contributed by atoms with Crippen LogP contribution in [0.25, 0.3) is 17.0 Å². The van der Waals surface area contributed by atoms with Gasteiger partial charge in [-0.2, -0.15) is 0 Å². The highest BCUT2D eigenvalue weighted by Gasteiger charge is 2.37. The number of aryl methyl sites for hydroxylation is 1. The Morgan fingerprint density at radius 3 is 2.46 bits per heavy atom. The first kappa shape index (κ1) is 24.3. The van der Waals surface area contributed by atoms with Gasteiger partial charge in [0, 0.05) is 29.2 Å². The van der Waals surface area contributed by atoms with Gasteiger partial charge in [0.2, 0.25) is 0 Å². The number of imide groups is 2. The van der Waals surface area contributed by atoms with Gasteiger partial charge in [-0.3, -0.25) is 14.9 Å². The molecule has 0 bridgehead atoms. The van der Waals surface area contributed by atoms with Crippen LogP contribution in [-0.4, -0.2) is 29.0 Å². The van der Waals surface area contributed by atoms with Crippen molar-refractivity contribution in [2.24, 2.45) is 0 Å². The maximum Gasteiger partial charge on any atom is 0.335 e. The van der Waals surface area contributed by atoms with Crippen molar-refractivity contribution in [2.75, 3.05) is 11.5 Å². The molecular formula is C28H21ClFN3O4. The third kappa shape index (κ3) is 4.96. The molecule has 1 aliphatic heterocycles. The van der Waals surface area contributed by atoms with E-state index in [4.69, 9.17) is 16.3 Å². The summed E-state index contributed by atoms with van der Waals surface area (Å²) in [4.78, 5) is 39.1. The molecule has 5 rings (SSSR count). The van der Waals surface area contributed by atoms with E-state index >= 15 is 0 Å². The van der Waals surface area contributed by atoms with Crippen LogP contribution in [0, 0.1) is 5.82 Å². The van der Waals surface area contributed by atoms with E-state index in [9.17, 15) is 18.8 Å². The quantitative estimate of drug-likeness (QED) is 0.197. The zero-order chi connectivity index (χ0) is 25.9. The highest BCUT2D eigenvalue weighted by atomic mass is 35.5. The van der Waals surface area contributed by atoms with E-state index in [1.807, 2.05) is 53.2 Å². The lowest BCUT2D eigenvalue weighted by molar-refractivity contribution is -0.122. The van der Waals surface area contributed by atoms with E-state index in [0.717, 1.165) is 27.9 Å². The Kier molecular flexibility index (Phi) is 6.74. The highest BCUT2D eigenvalue weighted by Crippen LogP contribution is 2.27. The second-order valence-corrected chi connectivity index (χ2v) is 8.77. The number of aromatic nitrogens is 1. The second-order valence-electron chi connectivity index (χ2n) is 8.36. The maximum absolute atomic E-state index is 13.4. The van der Waals surface area contributed by atoms with Crippen molar-refractivity contribution in [3.63, 3.8) is 0 Å². The van der Waals surface area contributed by atoms with Crippen molar-refractivity contribution < 1.29 is 23.5 Å². The number of para-hydroxylation sites is 2. The number of halogens is 2. The number of amides is 4. The Morgan fingerprint density at radius 2 is 1.68 bits per heavy atom. The Bertz CT molecular complexity index is 1540. The van der Waals surface area contributed by atoms with Crippen LogP contribution >= 0.6 is 11.6 Å². The van der Waals surface area contributed by atoms with Crippen LogP contribution in [0.2, 0.25) is 5.02 Å². The van der Waals surface area contributed by atoms with Gasteiger partial charge in [0.15, 0.2) is 0 Å². The number of nitrogens with one attached hydrogen (secondary N) is 1. The molecule has 4 amide bonds. The zero-order valence-electron chi connectivity index (χ0n) is 19.5. The number of urea groups is 1. The third-order valence-corrected chi connectivity index (χ3v) is 6.26. The molecule has 4 aromatic rings. The first-order valence-corrected chi connectivity index (χ1v) is 11.9. The van der Waals surface area contributed by atoms with E-state index < -0.39 is 23.7 Å². The van der Waals surface area contributed by atoms with Gasteiger partial charge in [-0.1, -0.05) is 41.9 Å². The molecular weight excluding hydrogens is 497 g/mol. The van der Waals surface area contributed by atoms with E-state index in [1.165, 1.54) is 18.2 Å². The van der Waals surface area contributed by atoms with E-state index in [1.54, 1.807) is 6.07 Å². The zero-order valence-corrected chi connectivity index (χ0v) is 20.2. The topological polar surface area (TPSA) is 80.6 Å². The predicted molar refractivity (Wildman–Crippen MR) is 139 cm³/mol. The minimum absolute atomic E-state index is 0.156. The first-order chi connectivity index (χ1) is 17.9. The third-order valence-electron chi connectivity index (χ3n) is 5.94. The molecule has 2 heterocycles. The second kappa shape index (κ2) is 10.3. The van der Waals surface area contributed by atoms with Crippen LogP contribution in [0.1, 0.15) is 12.0 Å². The van der Waals surface area contributed by atoms with Crippen molar-refractivity contribution in [3.05, 3.63) is 101 Å². The fraction of sp³-hybridized carbons (Fsp3) is 0.107. The molecule has 1 N–H and O–H groups in total. The van der Waals surface area contributed by atoms with Crippen LogP contribution < -0.4 is 15.0 Å². The van der Waals surface area contributed by atoms with Gasteiger partial charge in [0.25, 0.3) is 11.8 Å². The predicted octanol–water partition coefficient (Wildman–Crippen LogP) is 5.57. The lowest BCUT2D eigenvalue weighted by atomic mass is 10.1. The molecule has 0 aliphatic carbocycles. The summed E-state index contributed by atoms with van der Waals surface area (Å²) in [7, 11) is 0. The van der Waals surface area contributed by atoms with E-state index in [2.05, 4.69) is 5.32 Å². The molecule has 0 spiro atoms. The molecule has 9 heteroatoms. The largest absolute Gasteiger partial charge is 0.492 e. The number of anilines is 1. The van der Waals surface area contributed by atoms with E-state index in [0.29, 0.717) is 35.9 Å². The molecule has 1 aliphatic rings. The number of nitrogens with zero attached hydrogens (tertiary/aromatic N) is 2. The van der Waals surface area contributed by atoms with Gasteiger partial charge in [-0.15, -0.1) is 0 Å². The van der Waals surface area contributed by atoms with Crippen molar-refractivity contribution in [1.29, 1.82) is 0 Å². The molecule has 1 fully saturated rings. The lowest BCUT2D eigenvalue weighted by Gasteiger charge is -2.26. The molecule has 0 unspecified atom stereocenters. The summed E-state index contributed by atoms with van der Waals surface area (Å²) in [6, 6.07) is 18.9. The van der Waals surface area contributed by atoms with Gasteiger partial charge in [0.05, 0.1) is 17.3 Å². The van der Waals surface area contributed by atoms with Crippen LogP contribution in [0.5, 0.6) is 5.75 Å². The highest BCUT2D eigenvalue weighted by molar-refractivity contribution is 6.39. The normalized spacial score (nSPS) is 14.9.